The van der Waals surface area contributed by atoms with Crippen LogP contribution in [0.15, 0.2) is 36.5 Å². The van der Waals surface area contributed by atoms with Gasteiger partial charge in [0.25, 0.3) is 5.91 Å². The van der Waals surface area contributed by atoms with Crippen LogP contribution in [0.25, 0.3) is 0 Å². The van der Waals surface area contributed by atoms with Gasteiger partial charge in [0.05, 0.1) is 6.04 Å². The second-order valence-corrected chi connectivity index (χ2v) is 6.87. The van der Waals surface area contributed by atoms with Crippen LogP contribution < -0.4 is 4.90 Å². The van der Waals surface area contributed by atoms with Gasteiger partial charge < -0.3 is 9.80 Å². The van der Waals surface area contributed by atoms with E-state index in [2.05, 4.69) is 37.0 Å². The molecule has 1 aromatic carbocycles. The van der Waals surface area contributed by atoms with Gasteiger partial charge in [0.2, 0.25) is 0 Å². The highest BCUT2D eigenvalue weighted by molar-refractivity contribution is 5.95. The molecule has 4 heteroatoms. The van der Waals surface area contributed by atoms with Crippen molar-refractivity contribution in [2.75, 3.05) is 25.5 Å². The van der Waals surface area contributed by atoms with Gasteiger partial charge in [-0.1, -0.05) is 29.3 Å². The summed E-state index contributed by atoms with van der Waals surface area (Å²) in [4.78, 5) is 21.3. The molecule has 1 aromatic heterocycles. The number of hydrogen-bond donors (Lipinski definition) is 0. The zero-order valence-corrected chi connectivity index (χ0v) is 14.9. The molecule has 1 aliphatic heterocycles. The van der Waals surface area contributed by atoms with Crippen LogP contribution in [0.3, 0.4) is 0 Å². The van der Waals surface area contributed by atoms with Crippen molar-refractivity contribution in [3.05, 3.63) is 58.8 Å². The Hall–Kier alpha value is -2.36. The number of aryl methyl sites for hydroxylation is 2. The molecule has 0 spiro atoms. The first-order valence-corrected chi connectivity index (χ1v) is 8.48. The minimum absolute atomic E-state index is 0.0992. The number of carbonyl (C=O) groups is 1. The van der Waals surface area contributed by atoms with Crippen molar-refractivity contribution in [3.63, 3.8) is 0 Å². The van der Waals surface area contributed by atoms with Gasteiger partial charge in [-0.25, -0.2) is 4.98 Å². The minimum atomic E-state index is 0.0992. The number of rotatable bonds is 3. The summed E-state index contributed by atoms with van der Waals surface area (Å²) in [6.07, 6.45) is 3.79. The van der Waals surface area contributed by atoms with Crippen LogP contribution >= 0.6 is 0 Å². The SMILES string of the molecule is Cc1cc(C)cc(C2CCCN2C(=O)c2ccnc(N(C)C)c2)c1. The average molecular weight is 323 g/mol. The zero-order chi connectivity index (χ0) is 17.3. The second kappa shape index (κ2) is 6.63. The van der Waals surface area contributed by atoms with E-state index in [1.807, 2.05) is 36.0 Å². The molecule has 1 amide bonds. The molecular formula is C20H25N3O. The summed E-state index contributed by atoms with van der Waals surface area (Å²) < 4.78 is 0. The predicted octanol–water partition coefficient (Wildman–Crippen LogP) is 3.74. The monoisotopic (exact) mass is 323 g/mol. The Kier molecular flexibility index (Phi) is 4.56. The summed E-state index contributed by atoms with van der Waals surface area (Å²) in [6.45, 7) is 5.05. The Balaban J connectivity index is 1.90. The second-order valence-electron chi connectivity index (χ2n) is 6.87. The number of hydrogen-bond acceptors (Lipinski definition) is 3. The fourth-order valence-electron chi connectivity index (χ4n) is 3.52. The van der Waals surface area contributed by atoms with Gasteiger partial charge in [-0.2, -0.15) is 0 Å². The molecule has 126 valence electrons. The maximum Gasteiger partial charge on any atom is 0.254 e. The lowest BCUT2D eigenvalue weighted by molar-refractivity contribution is 0.0735. The third-order valence-electron chi connectivity index (χ3n) is 4.59. The molecule has 1 atom stereocenters. The normalized spacial score (nSPS) is 17.2. The molecule has 0 N–H and O–H groups in total. The third-order valence-corrected chi connectivity index (χ3v) is 4.59. The van der Waals surface area contributed by atoms with E-state index in [4.69, 9.17) is 0 Å². The topological polar surface area (TPSA) is 36.4 Å². The van der Waals surface area contributed by atoms with Gasteiger partial charge >= 0.3 is 0 Å². The number of amides is 1. The van der Waals surface area contributed by atoms with Crippen LogP contribution in [0.2, 0.25) is 0 Å². The molecule has 3 rings (SSSR count). The molecule has 1 aliphatic rings. The van der Waals surface area contributed by atoms with E-state index >= 15 is 0 Å². The molecule has 1 unspecified atom stereocenters. The summed E-state index contributed by atoms with van der Waals surface area (Å²) >= 11 is 0. The van der Waals surface area contributed by atoms with Gasteiger partial charge in [0.1, 0.15) is 5.82 Å². The van der Waals surface area contributed by atoms with Crippen LogP contribution in [0.5, 0.6) is 0 Å². The number of benzene rings is 1. The van der Waals surface area contributed by atoms with Crippen molar-refractivity contribution in [2.45, 2.75) is 32.7 Å². The van der Waals surface area contributed by atoms with E-state index in [0.29, 0.717) is 5.56 Å². The predicted molar refractivity (Wildman–Crippen MR) is 97.5 cm³/mol. The summed E-state index contributed by atoms with van der Waals surface area (Å²) in [7, 11) is 3.87. The first-order valence-electron chi connectivity index (χ1n) is 8.48. The van der Waals surface area contributed by atoms with Crippen molar-refractivity contribution in [3.8, 4) is 0 Å². The van der Waals surface area contributed by atoms with Crippen LogP contribution in [-0.4, -0.2) is 36.4 Å². The molecule has 1 fully saturated rings. The molecule has 0 saturated carbocycles. The lowest BCUT2D eigenvalue weighted by Crippen LogP contribution is -2.30. The average Bonchev–Trinajstić information content (AvgIpc) is 3.03. The van der Waals surface area contributed by atoms with Crippen molar-refractivity contribution >= 4 is 11.7 Å². The Morgan fingerprint density at radius 1 is 1.17 bits per heavy atom. The van der Waals surface area contributed by atoms with Gasteiger partial charge in [-0.05, 0) is 44.4 Å². The molecule has 0 radical (unpaired) electrons. The molecule has 0 aliphatic carbocycles. The maximum atomic E-state index is 13.1. The van der Waals surface area contributed by atoms with Crippen molar-refractivity contribution in [1.29, 1.82) is 0 Å². The van der Waals surface area contributed by atoms with Crippen LogP contribution in [-0.2, 0) is 0 Å². The first-order chi connectivity index (χ1) is 11.5. The molecular weight excluding hydrogens is 298 g/mol. The fraction of sp³-hybridized carbons (Fsp3) is 0.400. The standard InChI is InChI=1S/C20H25N3O/c1-14-10-15(2)12-17(11-14)18-6-5-9-23(18)20(24)16-7-8-21-19(13-16)22(3)4/h7-8,10-13,18H,5-6,9H2,1-4H3. The third kappa shape index (κ3) is 3.28. The van der Waals surface area contributed by atoms with Crippen LogP contribution in [0.1, 0.15) is 45.9 Å². The highest BCUT2D eigenvalue weighted by atomic mass is 16.2. The quantitative estimate of drug-likeness (QED) is 0.863. The minimum Gasteiger partial charge on any atom is -0.363 e. The number of aromatic nitrogens is 1. The van der Waals surface area contributed by atoms with Gasteiger partial charge in [-0.3, -0.25) is 4.79 Å². The summed E-state index contributed by atoms with van der Waals surface area (Å²) in [6, 6.07) is 10.5. The van der Waals surface area contributed by atoms with Crippen LogP contribution in [0, 0.1) is 13.8 Å². The van der Waals surface area contributed by atoms with Crippen molar-refractivity contribution in [1.82, 2.24) is 9.88 Å². The Morgan fingerprint density at radius 2 is 1.88 bits per heavy atom. The van der Waals surface area contributed by atoms with Crippen molar-refractivity contribution < 1.29 is 4.79 Å². The lowest BCUT2D eigenvalue weighted by atomic mass is 9.99. The summed E-state index contributed by atoms with van der Waals surface area (Å²) in [5.74, 6) is 0.908. The summed E-state index contributed by atoms with van der Waals surface area (Å²) in [5, 5.41) is 0. The largest absolute Gasteiger partial charge is 0.363 e. The van der Waals surface area contributed by atoms with Gasteiger partial charge in [0.15, 0.2) is 0 Å². The van der Waals surface area contributed by atoms with Gasteiger partial charge in [-0.15, -0.1) is 0 Å². The maximum absolute atomic E-state index is 13.1. The van der Waals surface area contributed by atoms with E-state index in [0.717, 1.165) is 25.2 Å². The Labute approximate surface area is 144 Å². The fourth-order valence-corrected chi connectivity index (χ4v) is 3.52. The number of pyridine rings is 1. The number of anilines is 1. The molecule has 4 nitrogen and oxygen atoms in total. The van der Waals surface area contributed by atoms with Gasteiger partial charge in [0, 0.05) is 32.4 Å². The highest BCUT2D eigenvalue weighted by Gasteiger charge is 2.31. The smallest absolute Gasteiger partial charge is 0.254 e. The zero-order valence-electron chi connectivity index (χ0n) is 14.9. The number of nitrogens with zero attached hydrogens (tertiary/aromatic N) is 3. The Morgan fingerprint density at radius 3 is 2.54 bits per heavy atom. The van der Waals surface area contributed by atoms with Crippen LogP contribution in [0.4, 0.5) is 5.82 Å². The molecule has 2 aromatic rings. The number of likely N-dealkylation sites (tertiary alicyclic amines) is 1. The van der Waals surface area contributed by atoms with E-state index < -0.39 is 0 Å². The molecule has 1 saturated heterocycles. The highest BCUT2D eigenvalue weighted by Crippen LogP contribution is 2.34. The first kappa shape index (κ1) is 16.5. The van der Waals surface area contributed by atoms with E-state index in [1.165, 1.54) is 16.7 Å². The van der Waals surface area contributed by atoms with E-state index in [-0.39, 0.29) is 11.9 Å². The summed E-state index contributed by atoms with van der Waals surface area (Å²) in [5.41, 5.74) is 4.47. The molecule has 2 heterocycles. The van der Waals surface area contributed by atoms with E-state index in [1.54, 1.807) is 6.20 Å². The lowest BCUT2D eigenvalue weighted by Gasteiger charge is -2.26. The molecule has 24 heavy (non-hydrogen) atoms. The molecule has 0 bridgehead atoms. The van der Waals surface area contributed by atoms with Crippen molar-refractivity contribution in [2.24, 2.45) is 0 Å². The number of carbonyl (C=O) groups excluding carboxylic acids is 1. The Bertz CT molecular complexity index is 734. The van der Waals surface area contributed by atoms with E-state index in [9.17, 15) is 4.79 Å².